The van der Waals surface area contributed by atoms with E-state index < -0.39 is 6.10 Å². The Balaban J connectivity index is 3.67. The molecule has 0 aromatic heterocycles. The molecule has 4 nitrogen and oxygen atoms in total. The molecule has 0 rings (SSSR count). The van der Waals surface area contributed by atoms with E-state index in [4.69, 9.17) is 19.3 Å². The van der Waals surface area contributed by atoms with Gasteiger partial charge < -0.3 is 19.3 Å². The number of aliphatic hydroxyl groups is 1. The first-order valence-corrected chi connectivity index (χ1v) is 6.69. The second-order valence-corrected chi connectivity index (χ2v) is 4.26. The van der Waals surface area contributed by atoms with Gasteiger partial charge in [-0.3, -0.25) is 0 Å². The highest BCUT2D eigenvalue weighted by Crippen LogP contribution is 2.01. The minimum atomic E-state index is -0.470. The molecule has 104 valence electrons. The van der Waals surface area contributed by atoms with Crippen LogP contribution in [0.4, 0.5) is 0 Å². The van der Waals surface area contributed by atoms with Gasteiger partial charge in [0.1, 0.15) is 0 Å². The fraction of sp³-hybridized carbons (Fsp3) is 1.00. The van der Waals surface area contributed by atoms with Gasteiger partial charge in [0.25, 0.3) is 0 Å². The van der Waals surface area contributed by atoms with Gasteiger partial charge in [-0.25, -0.2) is 0 Å². The highest BCUT2D eigenvalue weighted by Gasteiger charge is 2.10. The maximum atomic E-state index is 9.16. The monoisotopic (exact) mass is 248 g/mol. The summed E-state index contributed by atoms with van der Waals surface area (Å²) in [5, 5.41) is 9.16. The smallest absolute Gasteiger partial charge is 0.180 e. The zero-order valence-electron chi connectivity index (χ0n) is 11.5. The van der Waals surface area contributed by atoms with Crippen LogP contribution in [0.2, 0.25) is 0 Å². The first kappa shape index (κ1) is 16.8. The molecule has 2 unspecified atom stereocenters. The fourth-order valence-electron chi connectivity index (χ4n) is 1.18. The largest absolute Gasteiger partial charge is 0.391 e. The van der Waals surface area contributed by atoms with Crippen LogP contribution in [-0.2, 0) is 14.2 Å². The van der Waals surface area contributed by atoms with Crippen LogP contribution in [0.25, 0.3) is 0 Å². The lowest BCUT2D eigenvalue weighted by Gasteiger charge is -2.19. The van der Waals surface area contributed by atoms with Crippen LogP contribution in [0.5, 0.6) is 0 Å². The molecule has 1 N–H and O–H groups in total. The van der Waals surface area contributed by atoms with E-state index >= 15 is 0 Å². The molecule has 0 radical (unpaired) electrons. The first-order valence-electron chi connectivity index (χ1n) is 6.69. The van der Waals surface area contributed by atoms with Gasteiger partial charge in [-0.2, -0.15) is 0 Å². The second kappa shape index (κ2) is 12.3. The molecule has 0 amide bonds. The summed E-state index contributed by atoms with van der Waals surface area (Å²) in [4.78, 5) is 0. The third-order valence-corrected chi connectivity index (χ3v) is 2.22. The molecular weight excluding hydrogens is 220 g/mol. The molecule has 0 aliphatic heterocycles. The zero-order chi connectivity index (χ0) is 12.9. The third-order valence-electron chi connectivity index (χ3n) is 2.22. The van der Waals surface area contributed by atoms with Crippen molar-refractivity contribution in [2.75, 3.05) is 26.4 Å². The van der Waals surface area contributed by atoms with E-state index in [1.165, 1.54) is 0 Å². The number of unbranched alkanes of at least 4 members (excludes halogenated alkanes) is 2. The molecule has 4 heteroatoms. The van der Waals surface area contributed by atoms with Gasteiger partial charge in [0.15, 0.2) is 6.29 Å². The molecule has 0 bridgehead atoms. The summed E-state index contributed by atoms with van der Waals surface area (Å²) >= 11 is 0. The number of aliphatic hydroxyl groups excluding tert-OH is 1. The molecule has 0 saturated carbocycles. The van der Waals surface area contributed by atoms with E-state index in [-0.39, 0.29) is 12.9 Å². The normalized spacial score (nSPS) is 14.8. The molecule has 0 heterocycles. The van der Waals surface area contributed by atoms with Gasteiger partial charge in [0.05, 0.1) is 19.3 Å². The predicted molar refractivity (Wildman–Crippen MR) is 68.0 cm³/mol. The molecule has 0 aromatic rings. The summed E-state index contributed by atoms with van der Waals surface area (Å²) < 4.78 is 16.5. The molecule has 0 spiro atoms. The Morgan fingerprint density at radius 3 is 2.18 bits per heavy atom. The van der Waals surface area contributed by atoms with E-state index in [9.17, 15) is 0 Å². The van der Waals surface area contributed by atoms with Crippen molar-refractivity contribution >= 4 is 0 Å². The average molecular weight is 248 g/mol. The molecule has 2 atom stereocenters. The predicted octanol–water partition coefficient (Wildman–Crippen LogP) is 2.34. The van der Waals surface area contributed by atoms with E-state index in [1.807, 2.05) is 0 Å². The van der Waals surface area contributed by atoms with Gasteiger partial charge in [0.2, 0.25) is 0 Å². The minimum Gasteiger partial charge on any atom is -0.391 e. The summed E-state index contributed by atoms with van der Waals surface area (Å²) in [6.45, 7) is 8.08. The first-order chi connectivity index (χ1) is 8.20. The van der Waals surface area contributed by atoms with Gasteiger partial charge in [-0.05, 0) is 19.8 Å². The summed E-state index contributed by atoms with van der Waals surface area (Å²) in [7, 11) is 0. The summed E-state index contributed by atoms with van der Waals surface area (Å²) in [5.74, 6) is 0. The molecular formula is C13H28O4. The third kappa shape index (κ3) is 12.1. The Bertz CT molecular complexity index is 150. The SMILES string of the molecule is CCCCOCC(OCCCC)OCC(C)O. The van der Waals surface area contributed by atoms with Crippen molar-refractivity contribution < 1.29 is 19.3 Å². The van der Waals surface area contributed by atoms with Crippen molar-refractivity contribution in [3.63, 3.8) is 0 Å². The molecule has 0 saturated heterocycles. The Kier molecular flexibility index (Phi) is 12.2. The van der Waals surface area contributed by atoms with E-state index in [0.29, 0.717) is 13.2 Å². The second-order valence-electron chi connectivity index (χ2n) is 4.26. The fourth-order valence-corrected chi connectivity index (χ4v) is 1.18. The number of hydrogen-bond acceptors (Lipinski definition) is 4. The van der Waals surface area contributed by atoms with E-state index in [1.54, 1.807) is 6.92 Å². The molecule has 0 aliphatic rings. The van der Waals surface area contributed by atoms with Crippen LogP contribution in [-0.4, -0.2) is 43.9 Å². The van der Waals surface area contributed by atoms with Gasteiger partial charge in [-0.1, -0.05) is 26.7 Å². The molecule has 17 heavy (non-hydrogen) atoms. The quantitative estimate of drug-likeness (QED) is 0.425. The maximum absolute atomic E-state index is 9.16. The van der Waals surface area contributed by atoms with E-state index in [2.05, 4.69) is 13.8 Å². The number of hydrogen-bond donors (Lipinski definition) is 1. The maximum Gasteiger partial charge on any atom is 0.180 e. The average Bonchev–Trinajstić information content (AvgIpc) is 2.30. The van der Waals surface area contributed by atoms with Crippen LogP contribution in [0.1, 0.15) is 46.5 Å². The van der Waals surface area contributed by atoms with Crippen molar-refractivity contribution in [3.05, 3.63) is 0 Å². The Hall–Kier alpha value is -0.160. The van der Waals surface area contributed by atoms with Gasteiger partial charge >= 0.3 is 0 Å². The zero-order valence-corrected chi connectivity index (χ0v) is 11.5. The highest BCUT2D eigenvalue weighted by atomic mass is 16.7. The lowest BCUT2D eigenvalue weighted by molar-refractivity contribution is -0.183. The standard InChI is InChI=1S/C13H28O4/c1-4-6-8-15-11-13(16-9-7-5-2)17-10-12(3)14/h12-14H,4-11H2,1-3H3. The summed E-state index contributed by atoms with van der Waals surface area (Å²) in [5.41, 5.74) is 0. The van der Waals surface area contributed by atoms with Crippen LogP contribution < -0.4 is 0 Å². The van der Waals surface area contributed by atoms with Crippen LogP contribution in [0.3, 0.4) is 0 Å². The lowest BCUT2D eigenvalue weighted by atomic mass is 10.4. The Morgan fingerprint density at radius 1 is 0.941 bits per heavy atom. The van der Waals surface area contributed by atoms with Crippen LogP contribution >= 0.6 is 0 Å². The minimum absolute atomic E-state index is 0.286. The molecule has 0 aliphatic carbocycles. The summed E-state index contributed by atoms with van der Waals surface area (Å²) in [6.07, 6.45) is 3.47. The van der Waals surface area contributed by atoms with Crippen molar-refractivity contribution in [2.45, 2.75) is 58.8 Å². The summed E-state index contributed by atoms with van der Waals surface area (Å²) in [6, 6.07) is 0. The van der Waals surface area contributed by atoms with Crippen molar-refractivity contribution in [2.24, 2.45) is 0 Å². The van der Waals surface area contributed by atoms with E-state index in [0.717, 1.165) is 32.3 Å². The van der Waals surface area contributed by atoms with Crippen molar-refractivity contribution in [3.8, 4) is 0 Å². The Morgan fingerprint density at radius 2 is 1.59 bits per heavy atom. The van der Waals surface area contributed by atoms with Crippen LogP contribution in [0.15, 0.2) is 0 Å². The van der Waals surface area contributed by atoms with Crippen molar-refractivity contribution in [1.82, 2.24) is 0 Å². The molecule has 0 fully saturated rings. The number of rotatable bonds is 12. The van der Waals surface area contributed by atoms with Crippen LogP contribution in [0, 0.1) is 0 Å². The topological polar surface area (TPSA) is 47.9 Å². The lowest BCUT2D eigenvalue weighted by Crippen LogP contribution is -2.27. The van der Waals surface area contributed by atoms with Gasteiger partial charge in [0, 0.05) is 13.2 Å². The van der Waals surface area contributed by atoms with Crippen molar-refractivity contribution in [1.29, 1.82) is 0 Å². The Labute approximate surface area is 105 Å². The van der Waals surface area contributed by atoms with Gasteiger partial charge in [-0.15, -0.1) is 0 Å². The molecule has 0 aromatic carbocycles. The highest BCUT2D eigenvalue weighted by molar-refractivity contribution is 4.48. The number of ether oxygens (including phenoxy) is 3.